The van der Waals surface area contributed by atoms with E-state index in [1.807, 2.05) is 13.8 Å². The number of para-hydroxylation sites is 2. The summed E-state index contributed by atoms with van der Waals surface area (Å²) in [4.78, 5) is 39.8. The number of aliphatic hydroxyl groups excluding tert-OH is 1. The molecular formula is C22H23N3O6. The van der Waals surface area contributed by atoms with Gasteiger partial charge in [-0.3, -0.25) is 19.7 Å². The van der Waals surface area contributed by atoms with Gasteiger partial charge in [0.05, 0.1) is 28.9 Å². The molecule has 0 unspecified atom stereocenters. The number of non-ortho nitro benzene ring substituents is 1. The third-order valence-corrected chi connectivity index (χ3v) is 4.71. The summed E-state index contributed by atoms with van der Waals surface area (Å²) in [7, 11) is 1.60. The molecule has 2 amide bonds. The Morgan fingerprint density at radius 3 is 2.32 bits per heavy atom. The minimum Gasteiger partial charge on any atom is -0.489 e. The highest BCUT2D eigenvalue weighted by molar-refractivity contribution is 6.45. The van der Waals surface area contributed by atoms with Gasteiger partial charge in [0.1, 0.15) is 11.4 Å². The van der Waals surface area contributed by atoms with Crippen molar-refractivity contribution in [3.63, 3.8) is 0 Å². The summed E-state index contributed by atoms with van der Waals surface area (Å²) in [5.41, 5.74) is 0.757. The molecule has 0 saturated heterocycles. The number of amides is 2. The van der Waals surface area contributed by atoms with Crippen LogP contribution in [0.1, 0.15) is 19.4 Å². The number of aliphatic hydroxyl groups is 1. The summed E-state index contributed by atoms with van der Waals surface area (Å²) in [6.45, 7) is 3.59. The van der Waals surface area contributed by atoms with Gasteiger partial charge in [-0.25, -0.2) is 4.90 Å². The van der Waals surface area contributed by atoms with Crippen LogP contribution in [-0.2, 0) is 9.59 Å². The largest absolute Gasteiger partial charge is 0.489 e. The second-order valence-corrected chi connectivity index (χ2v) is 7.25. The van der Waals surface area contributed by atoms with Crippen LogP contribution >= 0.6 is 0 Å². The van der Waals surface area contributed by atoms with Crippen molar-refractivity contribution >= 4 is 28.8 Å². The molecule has 31 heavy (non-hydrogen) atoms. The quantitative estimate of drug-likeness (QED) is 0.393. The summed E-state index contributed by atoms with van der Waals surface area (Å²) >= 11 is 0. The highest BCUT2D eigenvalue weighted by Gasteiger charge is 2.42. The summed E-state index contributed by atoms with van der Waals surface area (Å²) in [5.74, 6) is -0.749. The molecule has 1 aliphatic rings. The van der Waals surface area contributed by atoms with E-state index in [9.17, 15) is 24.8 Å². The lowest BCUT2D eigenvalue weighted by molar-refractivity contribution is -0.384. The van der Waals surface area contributed by atoms with Crippen molar-refractivity contribution in [2.24, 2.45) is 0 Å². The molecule has 1 heterocycles. The number of carbonyl (C=O) groups excluding carboxylic acids is 2. The van der Waals surface area contributed by atoms with E-state index in [-0.39, 0.29) is 36.2 Å². The Kier molecular flexibility index (Phi) is 6.36. The van der Waals surface area contributed by atoms with Crippen molar-refractivity contribution in [3.05, 3.63) is 69.9 Å². The van der Waals surface area contributed by atoms with Gasteiger partial charge >= 0.3 is 0 Å². The Labute approximate surface area is 179 Å². The Hall–Kier alpha value is -3.72. The van der Waals surface area contributed by atoms with Crippen molar-refractivity contribution in [2.75, 3.05) is 25.1 Å². The zero-order valence-corrected chi connectivity index (χ0v) is 17.4. The molecule has 2 aromatic rings. The van der Waals surface area contributed by atoms with E-state index in [1.54, 1.807) is 31.3 Å². The van der Waals surface area contributed by atoms with Crippen LogP contribution in [0.3, 0.4) is 0 Å². The van der Waals surface area contributed by atoms with Crippen molar-refractivity contribution in [2.45, 2.75) is 20.0 Å². The fourth-order valence-electron chi connectivity index (χ4n) is 3.36. The van der Waals surface area contributed by atoms with Crippen LogP contribution in [0.4, 0.5) is 11.4 Å². The molecule has 1 N–H and O–H groups in total. The number of likely N-dealkylation sites (N-methyl/N-ethyl adjacent to an activating group) is 1. The van der Waals surface area contributed by atoms with Crippen LogP contribution in [0.2, 0.25) is 0 Å². The van der Waals surface area contributed by atoms with E-state index in [1.165, 1.54) is 29.2 Å². The zero-order valence-electron chi connectivity index (χ0n) is 17.4. The average Bonchev–Trinajstić information content (AvgIpc) is 2.98. The summed E-state index contributed by atoms with van der Waals surface area (Å²) in [5, 5.41) is 20.3. The first-order valence-electron chi connectivity index (χ1n) is 9.71. The van der Waals surface area contributed by atoms with E-state index < -0.39 is 16.7 Å². The lowest BCUT2D eigenvalue weighted by atomic mass is 10.0. The number of anilines is 1. The fourth-order valence-corrected chi connectivity index (χ4v) is 3.36. The number of imide groups is 1. The molecule has 9 heteroatoms. The van der Waals surface area contributed by atoms with Crippen molar-refractivity contribution in [3.8, 4) is 5.75 Å². The molecule has 0 atom stereocenters. The second kappa shape index (κ2) is 8.97. The van der Waals surface area contributed by atoms with E-state index in [4.69, 9.17) is 4.74 Å². The number of nitro benzene ring substituents is 1. The van der Waals surface area contributed by atoms with Gasteiger partial charge < -0.3 is 14.7 Å². The van der Waals surface area contributed by atoms with Crippen molar-refractivity contribution in [1.29, 1.82) is 0 Å². The summed E-state index contributed by atoms with van der Waals surface area (Å²) < 4.78 is 5.79. The number of rotatable bonds is 8. The first-order valence-corrected chi connectivity index (χ1v) is 9.71. The highest BCUT2D eigenvalue weighted by Crippen LogP contribution is 2.38. The van der Waals surface area contributed by atoms with Gasteiger partial charge in [-0.1, -0.05) is 12.1 Å². The number of benzene rings is 2. The maximum Gasteiger partial charge on any atom is 0.282 e. The molecule has 162 valence electrons. The first-order chi connectivity index (χ1) is 14.8. The van der Waals surface area contributed by atoms with Gasteiger partial charge in [0.25, 0.3) is 17.5 Å². The Morgan fingerprint density at radius 2 is 1.74 bits per heavy atom. The molecule has 0 spiro atoms. The van der Waals surface area contributed by atoms with Gasteiger partial charge in [-0.15, -0.1) is 0 Å². The Balaban J connectivity index is 2.12. The Bertz CT molecular complexity index is 1050. The molecule has 3 rings (SSSR count). The number of ether oxygens (including phenoxy) is 1. The molecule has 0 fully saturated rings. The maximum atomic E-state index is 13.5. The molecular weight excluding hydrogens is 402 g/mol. The van der Waals surface area contributed by atoms with Crippen molar-refractivity contribution < 1.29 is 24.4 Å². The minimum absolute atomic E-state index is 0.104. The number of carbonyl (C=O) groups is 2. The van der Waals surface area contributed by atoms with Crippen LogP contribution in [0.25, 0.3) is 5.57 Å². The number of nitro groups is 1. The van der Waals surface area contributed by atoms with Crippen LogP contribution in [0.15, 0.2) is 54.2 Å². The van der Waals surface area contributed by atoms with Crippen LogP contribution in [0.5, 0.6) is 5.75 Å². The normalized spacial score (nSPS) is 13.9. The lowest BCUT2D eigenvalue weighted by Gasteiger charge is -2.22. The Morgan fingerprint density at radius 1 is 1.10 bits per heavy atom. The van der Waals surface area contributed by atoms with Crippen molar-refractivity contribution in [1.82, 2.24) is 4.90 Å². The molecule has 0 radical (unpaired) electrons. The second-order valence-electron chi connectivity index (χ2n) is 7.25. The average molecular weight is 425 g/mol. The minimum atomic E-state index is -0.571. The molecule has 0 bridgehead atoms. The first kappa shape index (κ1) is 22.0. The van der Waals surface area contributed by atoms with Gasteiger partial charge in [-0.05, 0) is 43.7 Å². The zero-order chi connectivity index (χ0) is 22.7. The lowest BCUT2D eigenvalue weighted by Crippen LogP contribution is -2.35. The van der Waals surface area contributed by atoms with Crippen LogP contribution in [-0.4, -0.2) is 53.0 Å². The molecule has 9 nitrogen and oxygen atoms in total. The van der Waals surface area contributed by atoms with Crippen LogP contribution in [0, 0.1) is 10.1 Å². The van der Waals surface area contributed by atoms with Gasteiger partial charge in [0.15, 0.2) is 0 Å². The molecule has 0 aliphatic carbocycles. The SMILES string of the molecule is CC(C)Oc1ccccc1N1C(=O)C(c2ccc([N+](=O)[O-])cc2)=C(N(C)CCO)C1=O. The number of hydrogen-bond acceptors (Lipinski definition) is 7. The highest BCUT2D eigenvalue weighted by atomic mass is 16.6. The fraction of sp³-hybridized carbons (Fsp3) is 0.273. The van der Waals surface area contributed by atoms with Gasteiger partial charge in [0, 0.05) is 25.7 Å². The number of hydrogen-bond donors (Lipinski definition) is 1. The van der Waals surface area contributed by atoms with Gasteiger partial charge in [-0.2, -0.15) is 0 Å². The topological polar surface area (TPSA) is 113 Å². The smallest absolute Gasteiger partial charge is 0.282 e. The summed E-state index contributed by atoms with van der Waals surface area (Å²) in [6, 6.07) is 12.2. The molecule has 0 saturated carbocycles. The maximum absolute atomic E-state index is 13.5. The van der Waals surface area contributed by atoms with E-state index in [0.717, 1.165) is 4.90 Å². The third-order valence-electron chi connectivity index (χ3n) is 4.71. The third kappa shape index (κ3) is 4.26. The van der Waals surface area contributed by atoms with E-state index in [2.05, 4.69) is 0 Å². The summed E-state index contributed by atoms with van der Waals surface area (Å²) in [6.07, 6.45) is -0.174. The van der Waals surface area contributed by atoms with Gasteiger partial charge in [0.2, 0.25) is 0 Å². The predicted octanol–water partition coefficient (Wildman–Crippen LogP) is 2.59. The predicted molar refractivity (Wildman–Crippen MR) is 114 cm³/mol. The molecule has 1 aliphatic heterocycles. The van der Waals surface area contributed by atoms with Crippen LogP contribution < -0.4 is 9.64 Å². The molecule has 0 aromatic heterocycles. The standard InChI is InChI=1S/C22H23N3O6/c1-14(2)31-18-7-5-4-6-17(18)24-21(27)19(20(22(24)28)23(3)12-13-26)15-8-10-16(11-9-15)25(29)30/h4-11,14,26H,12-13H2,1-3H3. The monoisotopic (exact) mass is 425 g/mol. The van der Waals surface area contributed by atoms with E-state index >= 15 is 0 Å². The molecule has 2 aromatic carbocycles. The van der Waals surface area contributed by atoms with E-state index in [0.29, 0.717) is 17.0 Å². The number of nitrogens with zero attached hydrogens (tertiary/aromatic N) is 3.